The topological polar surface area (TPSA) is 49.3 Å². The van der Waals surface area contributed by atoms with Crippen LogP contribution in [0.15, 0.2) is 48.5 Å². The second kappa shape index (κ2) is 9.00. The van der Waals surface area contributed by atoms with E-state index >= 15 is 0 Å². The highest BCUT2D eigenvalue weighted by atomic mass is 16.3. The summed E-state index contributed by atoms with van der Waals surface area (Å²) in [4.78, 5) is 12.5. The third-order valence-corrected chi connectivity index (χ3v) is 5.40. The monoisotopic (exact) mass is 352 g/mol. The molecule has 0 saturated carbocycles. The maximum atomic E-state index is 12.5. The van der Waals surface area contributed by atoms with Crippen LogP contribution in [0.1, 0.15) is 56.7 Å². The van der Waals surface area contributed by atoms with E-state index in [9.17, 15) is 9.90 Å². The number of benzene rings is 2. The van der Waals surface area contributed by atoms with Crippen molar-refractivity contribution in [2.24, 2.45) is 11.3 Å². The van der Waals surface area contributed by atoms with Crippen LogP contribution in [0.3, 0.4) is 0 Å². The minimum absolute atomic E-state index is 0.0164. The van der Waals surface area contributed by atoms with Gasteiger partial charge in [-0.05, 0) is 35.1 Å². The zero-order valence-corrected chi connectivity index (χ0v) is 16.3. The van der Waals surface area contributed by atoms with E-state index in [0.717, 1.165) is 17.5 Å². The van der Waals surface area contributed by atoms with Crippen molar-refractivity contribution in [1.82, 2.24) is 5.32 Å². The van der Waals surface area contributed by atoms with E-state index in [4.69, 9.17) is 0 Å². The van der Waals surface area contributed by atoms with Gasteiger partial charge in [-0.2, -0.15) is 0 Å². The smallest absolute Gasteiger partial charge is 0.225 e. The first-order chi connectivity index (χ1) is 12.4. The van der Waals surface area contributed by atoms with E-state index in [0.29, 0.717) is 6.54 Å². The first kappa shape index (κ1) is 20.2. The molecule has 0 bridgehead atoms. The molecule has 2 N–H and O–H groups in total. The molecule has 1 radical (unpaired) electrons. The summed E-state index contributed by atoms with van der Waals surface area (Å²) in [5.41, 5.74) is 2.73. The Kier molecular flexibility index (Phi) is 6.98. The highest BCUT2D eigenvalue weighted by molar-refractivity contribution is 5.82. The molecule has 139 valence electrons. The van der Waals surface area contributed by atoms with E-state index in [1.54, 1.807) is 0 Å². The van der Waals surface area contributed by atoms with Gasteiger partial charge in [0.25, 0.3) is 0 Å². The van der Waals surface area contributed by atoms with Crippen molar-refractivity contribution in [3.63, 3.8) is 0 Å². The Labute approximate surface area is 157 Å². The van der Waals surface area contributed by atoms with Crippen molar-refractivity contribution in [2.75, 3.05) is 6.54 Å². The van der Waals surface area contributed by atoms with Crippen molar-refractivity contribution in [2.45, 2.75) is 46.6 Å². The highest BCUT2D eigenvalue weighted by Gasteiger charge is 2.30. The predicted molar refractivity (Wildman–Crippen MR) is 106 cm³/mol. The van der Waals surface area contributed by atoms with E-state index in [1.165, 1.54) is 5.56 Å². The maximum Gasteiger partial charge on any atom is 0.225 e. The molecule has 0 aromatic heterocycles. The Balaban J connectivity index is 2.14. The Morgan fingerprint density at radius 2 is 1.88 bits per heavy atom. The van der Waals surface area contributed by atoms with Gasteiger partial charge >= 0.3 is 0 Å². The molecule has 0 fully saturated rings. The van der Waals surface area contributed by atoms with Crippen LogP contribution in [0.25, 0.3) is 0 Å². The lowest BCUT2D eigenvalue weighted by Crippen LogP contribution is -2.40. The summed E-state index contributed by atoms with van der Waals surface area (Å²) in [6.45, 7) is 8.73. The molecule has 1 amide bonds. The summed E-state index contributed by atoms with van der Waals surface area (Å²) >= 11 is 0. The first-order valence-electron chi connectivity index (χ1n) is 9.31. The predicted octanol–water partition coefficient (Wildman–Crippen LogP) is 4.30. The third-order valence-electron chi connectivity index (χ3n) is 5.40. The van der Waals surface area contributed by atoms with E-state index in [2.05, 4.69) is 37.4 Å². The van der Waals surface area contributed by atoms with Crippen molar-refractivity contribution in [3.05, 3.63) is 71.3 Å². The molecule has 2 aromatic rings. The van der Waals surface area contributed by atoms with Crippen LogP contribution in [0.4, 0.5) is 0 Å². The molecular formula is C23H30NO2. The number of amides is 1. The normalized spacial score (nSPS) is 12.8. The Bertz CT molecular complexity index is 707. The summed E-state index contributed by atoms with van der Waals surface area (Å²) in [6.07, 6.45) is 0.787. The van der Waals surface area contributed by atoms with Gasteiger partial charge in [0.2, 0.25) is 5.91 Å². The molecule has 0 saturated heterocycles. The van der Waals surface area contributed by atoms with Crippen LogP contribution in [-0.2, 0) is 11.4 Å². The largest absolute Gasteiger partial charge is 0.392 e. The molecule has 26 heavy (non-hydrogen) atoms. The number of nitrogens with one attached hydrogen (secondary N) is 1. The first-order valence-corrected chi connectivity index (χ1v) is 9.31. The van der Waals surface area contributed by atoms with Crippen LogP contribution >= 0.6 is 0 Å². The van der Waals surface area contributed by atoms with Crippen molar-refractivity contribution >= 4 is 5.91 Å². The van der Waals surface area contributed by atoms with Gasteiger partial charge in [0.05, 0.1) is 6.61 Å². The number of aliphatic hydroxyl groups excluding tert-OH is 1. The third kappa shape index (κ3) is 4.95. The van der Waals surface area contributed by atoms with Crippen molar-refractivity contribution in [1.29, 1.82) is 0 Å². The lowest BCUT2D eigenvalue weighted by molar-refractivity contribution is -0.131. The zero-order valence-electron chi connectivity index (χ0n) is 16.3. The maximum absolute atomic E-state index is 12.5. The lowest BCUT2D eigenvalue weighted by Gasteiger charge is -2.28. The van der Waals surface area contributed by atoms with Gasteiger partial charge in [0, 0.05) is 17.9 Å². The molecule has 0 aliphatic carbocycles. The highest BCUT2D eigenvalue weighted by Crippen LogP contribution is 2.29. The zero-order chi connectivity index (χ0) is 19.2. The molecule has 0 aliphatic heterocycles. The number of rotatable bonds is 8. The molecule has 0 spiro atoms. The number of hydrogen-bond acceptors (Lipinski definition) is 2. The number of hydrogen-bond donors (Lipinski definition) is 2. The summed E-state index contributed by atoms with van der Waals surface area (Å²) in [7, 11) is 0. The molecule has 0 unspecified atom stereocenters. The lowest BCUT2D eigenvalue weighted by atomic mass is 9.80. The Morgan fingerprint density at radius 1 is 1.19 bits per heavy atom. The second-order valence-electron chi connectivity index (χ2n) is 7.69. The quantitative estimate of drug-likeness (QED) is 0.744. The van der Waals surface area contributed by atoms with Gasteiger partial charge in [-0.3, -0.25) is 4.79 Å². The standard InChI is InChI=1S/C23H30NO2/c1-17(2)23(3,4)22(26)24-14-13-21(19-10-6-5-7-11-19)20-12-8-9-18(15-20)16-25/h5-11,15,17,21,25H,13-14,16H2,1-4H3,(H,24,26)/t21-/m1/s1. The van der Waals surface area contributed by atoms with E-state index in [-0.39, 0.29) is 29.8 Å². The Morgan fingerprint density at radius 3 is 2.50 bits per heavy atom. The van der Waals surface area contributed by atoms with Crippen molar-refractivity contribution in [3.8, 4) is 0 Å². The van der Waals surface area contributed by atoms with Gasteiger partial charge in [-0.25, -0.2) is 0 Å². The van der Waals surface area contributed by atoms with Crippen LogP contribution < -0.4 is 5.32 Å². The molecule has 3 nitrogen and oxygen atoms in total. The van der Waals surface area contributed by atoms with Crippen LogP contribution in [0, 0.1) is 17.4 Å². The molecule has 0 heterocycles. The van der Waals surface area contributed by atoms with E-state index in [1.807, 2.05) is 50.2 Å². The number of carbonyl (C=O) groups excluding carboxylic acids is 1. The Hall–Kier alpha value is -2.13. The number of aliphatic hydroxyl groups is 1. The number of carbonyl (C=O) groups is 1. The van der Waals surface area contributed by atoms with Gasteiger partial charge in [0.1, 0.15) is 0 Å². The fourth-order valence-electron chi connectivity index (χ4n) is 2.84. The van der Waals surface area contributed by atoms with Gasteiger partial charge in [0.15, 0.2) is 0 Å². The fraction of sp³-hybridized carbons (Fsp3) is 0.435. The molecule has 2 aromatic carbocycles. The summed E-state index contributed by atoms with van der Waals surface area (Å²) in [6, 6.07) is 19.3. The van der Waals surface area contributed by atoms with Gasteiger partial charge in [-0.15, -0.1) is 0 Å². The molecular weight excluding hydrogens is 322 g/mol. The van der Waals surface area contributed by atoms with Crippen molar-refractivity contribution < 1.29 is 9.90 Å². The van der Waals surface area contributed by atoms with Gasteiger partial charge in [-0.1, -0.05) is 76.2 Å². The SMILES string of the molecule is CC(C)C(C)(C)C(=O)NCC[C@@H](c1[c]ccc(CO)c1)c1ccccc1. The molecule has 1 atom stereocenters. The summed E-state index contributed by atoms with van der Waals surface area (Å²) in [5.74, 6) is 0.500. The minimum Gasteiger partial charge on any atom is -0.392 e. The fourth-order valence-corrected chi connectivity index (χ4v) is 2.84. The summed E-state index contributed by atoms with van der Waals surface area (Å²) < 4.78 is 0. The second-order valence-corrected chi connectivity index (χ2v) is 7.69. The minimum atomic E-state index is -0.384. The van der Waals surface area contributed by atoms with E-state index < -0.39 is 0 Å². The molecule has 3 heteroatoms. The van der Waals surface area contributed by atoms with Crippen LogP contribution in [0.2, 0.25) is 0 Å². The van der Waals surface area contributed by atoms with Crippen LogP contribution in [0.5, 0.6) is 0 Å². The van der Waals surface area contributed by atoms with Gasteiger partial charge < -0.3 is 10.4 Å². The molecule has 0 aliphatic rings. The summed E-state index contributed by atoms with van der Waals surface area (Å²) in [5, 5.41) is 12.5. The average Bonchev–Trinajstić information content (AvgIpc) is 2.65. The van der Waals surface area contributed by atoms with Crippen LogP contribution in [-0.4, -0.2) is 17.6 Å². The molecule has 2 rings (SSSR count). The average molecular weight is 352 g/mol.